The molecule has 1 aliphatic heterocycles. The van der Waals surface area contributed by atoms with Crippen LogP contribution in [0.2, 0.25) is 0 Å². The summed E-state index contributed by atoms with van der Waals surface area (Å²) in [5.74, 6) is -1.23. The number of halogens is 2. The molecule has 0 atom stereocenters. The molecule has 3 rings (SSSR count). The number of hydrogen-bond acceptors (Lipinski definition) is 4. The smallest absolute Gasteiger partial charge is 0.329 e. The number of aromatic hydroxyl groups is 1. The lowest BCUT2D eigenvalue weighted by atomic mass is 10.1. The van der Waals surface area contributed by atoms with Crippen LogP contribution in [-0.4, -0.2) is 34.4 Å². The largest absolute Gasteiger partial charge is 0.506 e. The zero-order valence-electron chi connectivity index (χ0n) is 14.6. The highest BCUT2D eigenvalue weighted by molar-refractivity contribution is 9.11. The van der Waals surface area contributed by atoms with Gasteiger partial charge in [0, 0.05) is 15.7 Å². The standard InChI is InChI=1S/C19H15Br2N3O4/c1-10-2-4-13(5-3-10)22-16(25)9-24-18(27)15(23-19(24)28)7-11-6-12(20)8-14(21)17(11)26/h2-8,26H,9H2,1H3,(H,22,25)(H,23,28)/b15-7-. The number of phenolic OH excluding ortho intramolecular Hbond substituents is 1. The fourth-order valence-electron chi connectivity index (χ4n) is 2.55. The molecule has 9 heteroatoms. The van der Waals surface area contributed by atoms with Crippen molar-refractivity contribution in [1.82, 2.24) is 10.2 Å². The topological polar surface area (TPSA) is 98.7 Å². The zero-order valence-corrected chi connectivity index (χ0v) is 17.8. The van der Waals surface area contributed by atoms with Crippen LogP contribution in [0.5, 0.6) is 5.75 Å². The SMILES string of the molecule is Cc1ccc(NC(=O)CN2C(=O)N/C(=C\c3cc(Br)cc(Br)c3O)C2=O)cc1. The minimum Gasteiger partial charge on any atom is -0.506 e. The van der Waals surface area contributed by atoms with Gasteiger partial charge in [-0.15, -0.1) is 0 Å². The monoisotopic (exact) mass is 507 g/mol. The molecule has 0 spiro atoms. The maximum absolute atomic E-state index is 12.5. The Morgan fingerprint density at radius 1 is 1.21 bits per heavy atom. The summed E-state index contributed by atoms with van der Waals surface area (Å²) in [5.41, 5.74) is 1.91. The van der Waals surface area contributed by atoms with Gasteiger partial charge >= 0.3 is 6.03 Å². The number of carbonyl (C=O) groups excluding carboxylic acids is 3. The summed E-state index contributed by atoms with van der Waals surface area (Å²) in [4.78, 5) is 37.7. The van der Waals surface area contributed by atoms with Crippen molar-refractivity contribution in [2.24, 2.45) is 0 Å². The van der Waals surface area contributed by atoms with E-state index in [2.05, 4.69) is 42.5 Å². The van der Waals surface area contributed by atoms with Crippen LogP contribution in [0.3, 0.4) is 0 Å². The third-order valence-corrected chi connectivity index (χ3v) is 5.02. The molecule has 2 aromatic carbocycles. The number of anilines is 1. The number of benzene rings is 2. The summed E-state index contributed by atoms with van der Waals surface area (Å²) in [6.45, 7) is 1.50. The van der Waals surface area contributed by atoms with E-state index in [0.717, 1.165) is 10.5 Å². The second-order valence-electron chi connectivity index (χ2n) is 6.12. The van der Waals surface area contributed by atoms with E-state index in [-0.39, 0.29) is 11.4 Å². The number of amides is 4. The second kappa shape index (κ2) is 8.15. The van der Waals surface area contributed by atoms with Crippen molar-refractivity contribution in [2.75, 3.05) is 11.9 Å². The number of carbonyl (C=O) groups is 3. The number of phenols is 1. The van der Waals surface area contributed by atoms with Crippen LogP contribution in [0, 0.1) is 6.92 Å². The first-order valence-corrected chi connectivity index (χ1v) is 9.72. The van der Waals surface area contributed by atoms with E-state index in [4.69, 9.17) is 0 Å². The molecule has 1 saturated heterocycles. The predicted octanol–water partition coefficient (Wildman–Crippen LogP) is 3.76. The van der Waals surface area contributed by atoms with Crippen LogP contribution in [0.25, 0.3) is 6.08 Å². The van der Waals surface area contributed by atoms with E-state index in [1.165, 1.54) is 6.08 Å². The average Bonchev–Trinajstić information content (AvgIpc) is 2.88. The molecule has 0 aliphatic carbocycles. The Morgan fingerprint density at radius 3 is 2.57 bits per heavy atom. The normalized spacial score (nSPS) is 15.1. The number of rotatable bonds is 4. The maximum Gasteiger partial charge on any atom is 0.329 e. The maximum atomic E-state index is 12.5. The third-order valence-electron chi connectivity index (χ3n) is 3.96. The van der Waals surface area contributed by atoms with Crippen molar-refractivity contribution in [3.8, 4) is 5.75 Å². The molecule has 0 unspecified atom stereocenters. The molecule has 144 valence electrons. The number of nitrogens with zero attached hydrogens (tertiary/aromatic N) is 1. The molecular weight excluding hydrogens is 494 g/mol. The van der Waals surface area contributed by atoms with Crippen molar-refractivity contribution in [3.63, 3.8) is 0 Å². The highest BCUT2D eigenvalue weighted by Gasteiger charge is 2.35. The van der Waals surface area contributed by atoms with Gasteiger partial charge in [0.15, 0.2) is 0 Å². The van der Waals surface area contributed by atoms with Gasteiger partial charge in [-0.25, -0.2) is 9.69 Å². The van der Waals surface area contributed by atoms with Gasteiger partial charge in [-0.3, -0.25) is 9.59 Å². The average molecular weight is 509 g/mol. The summed E-state index contributed by atoms with van der Waals surface area (Å²) in [5, 5.41) is 15.2. The lowest BCUT2D eigenvalue weighted by molar-refractivity contribution is -0.127. The Labute approximate surface area is 177 Å². The predicted molar refractivity (Wildman–Crippen MR) is 112 cm³/mol. The quantitative estimate of drug-likeness (QED) is 0.432. The number of nitrogens with one attached hydrogen (secondary N) is 2. The highest BCUT2D eigenvalue weighted by atomic mass is 79.9. The van der Waals surface area contributed by atoms with Crippen molar-refractivity contribution < 1.29 is 19.5 Å². The summed E-state index contributed by atoms with van der Waals surface area (Å²) in [6.07, 6.45) is 1.35. The van der Waals surface area contributed by atoms with Crippen molar-refractivity contribution >= 4 is 61.5 Å². The Hall–Kier alpha value is -2.65. The van der Waals surface area contributed by atoms with Gasteiger partial charge in [-0.05, 0) is 53.2 Å². The van der Waals surface area contributed by atoms with Gasteiger partial charge in [0.2, 0.25) is 5.91 Å². The lowest BCUT2D eigenvalue weighted by Gasteiger charge is -2.12. The Morgan fingerprint density at radius 2 is 1.89 bits per heavy atom. The minimum absolute atomic E-state index is 0.0339. The van der Waals surface area contributed by atoms with Gasteiger partial charge in [0.05, 0.1) is 4.47 Å². The summed E-state index contributed by atoms with van der Waals surface area (Å²) >= 11 is 6.51. The van der Waals surface area contributed by atoms with Crippen LogP contribution in [-0.2, 0) is 9.59 Å². The lowest BCUT2D eigenvalue weighted by Crippen LogP contribution is -2.38. The molecule has 0 saturated carbocycles. The number of imide groups is 1. The number of urea groups is 1. The first-order valence-electron chi connectivity index (χ1n) is 8.13. The molecule has 0 aromatic heterocycles. The molecule has 4 amide bonds. The van der Waals surface area contributed by atoms with E-state index in [1.54, 1.807) is 24.3 Å². The molecule has 3 N–H and O–H groups in total. The molecular formula is C19H15Br2N3O4. The fourth-order valence-corrected chi connectivity index (χ4v) is 3.81. The van der Waals surface area contributed by atoms with Gasteiger partial charge in [-0.2, -0.15) is 0 Å². The van der Waals surface area contributed by atoms with Crippen LogP contribution in [0.4, 0.5) is 10.5 Å². The van der Waals surface area contributed by atoms with Crippen LogP contribution in [0.15, 0.2) is 51.0 Å². The first kappa shape index (κ1) is 20.1. The summed E-state index contributed by atoms with van der Waals surface area (Å²) in [6, 6.07) is 9.69. The van der Waals surface area contributed by atoms with Gasteiger partial charge in [-0.1, -0.05) is 33.6 Å². The molecule has 2 aromatic rings. The third kappa shape index (κ3) is 4.42. The Bertz CT molecular complexity index is 1000. The molecule has 0 radical (unpaired) electrons. The van der Waals surface area contributed by atoms with Crippen LogP contribution < -0.4 is 10.6 Å². The molecule has 1 fully saturated rings. The van der Waals surface area contributed by atoms with Crippen molar-refractivity contribution in [3.05, 3.63) is 62.2 Å². The Kier molecular flexibility index (Phi) is 5.85. The number of hydrogen-bond donors (Lipinski definition) is 3. The second-order valence-corrected chi connectivity index (χ2v) is 7.89. The van der Waals surface area contributed by atoms with E-state index >= 15 is 0 Å². The van der Waals surface area contributed by atoms with Crippen molar-refractivity contribution in [2.45, 2.75) is 6.92 Å². The highest BCUT2D eigenvalue weighted by Crippen LogP contribution is 2.33. The molecule has 0 bridgehead atoms. The van der Waals surface area contributed by atoms with Gasteiger partial charge in [0.1, 0.15) is 18.0 Å². The van der Waals surface area contributed by atoms with E-state index in [0.29, 0.717) is 20.2 Å². The van der Waals surface area contributed by atoms with Gasteiger partial charge < -0.3 is 15.7 Å². The molecule has 28 heavy (non-hydrogen) atoms. The number of aryl methyl sites for hydroxylation is 1. The zero-order chi connectivity index (χ0) is 20.4. The minimum atomic E-state index is -0.705. The van der Waals surface area contributed by atoms with Crippen molar-refractivity contribution in [1.29, 1.82) is 0 Å². The Balaban J connectivity index is 1.74. The van der Waals surface area contributed by atoms with Crippen LogP contribution in [0.1, 0.15) is 11.1 Å². The van der Waals surface area contributed by atoms with Crippen LogP contribution >= 0.6 is 31.9 Å². The molecule has 1 aliphatic rings. The van der Waals surface area contributed by atoms with E-state index in [1.807, 2.05) is 19.1 Å². The van der Waals surface area contributed by atoms with Gasteiger partial charge in [0.25, 0.3) is 5.91 Å². The molecule has 7 nitrogen and oxygen atoms in total. The summed E-state index contributed by atoms with van der Waals surface area (Å²) < 4.78 is 1.11. The van der Waals surface area contributed by atoms with E-state index in [9.17, 15) is 19.5 Å². The first-order chi connectivity index (χ1) is 13.2. The molecule has 1 heterocycles. The van der Waals surface area contributed by atoms with E-state index < -0.39 is 24.4 Å². The fraction of sp³-hybridized carbons (Fsp3) is 0.105. The summed E-state index contributed by atoms with van der Waals surface area (Å²) in [7, 11) is 0.